The zero-order valence-corrected chi connectivity index (χ0v) is 13.8. The Bertz CT molecular complexity index is 638. The van der Waals surface area contributed by atoms with E-state index in [4.69, 9.17) is 18.0 Å². The standard InChI is InChI=1S/C15H16BrN3S/c1-9-7-10(2)19-15(13(9)14(17)20)18-8-11-3-5-12(16)6-4-11/h3-7H,8H2,1-2H3,(H2,17,20)(H,18,19). The molecule has 1 aromatic heterocycles. The minimum atomic E-state index is 0.369. The molecular weight excluding hydrogens is 334 g/mol. The summed E-state index contributed by atoms with van der Waals surface area (Å²) in [7, 11) is 0. The summed E-state index contributed by atoms with van der Waals surface area (Å²) in [4.78, 5) is 4.87. The number of aromatic nitrogens is 1. The first-order valence-electron chi connectivity index (χ1n) is 6.23. The second kappa shape index (κ2) is 6.33. The molecular formula is C15H16BrN3S. The van der Waals surface area contributed by atoms with E-state index >= 15 is 0 Å². The van der Waals surface area contributed by atoms with Crippen LogP contribution in [0.4, 0.5) is 5.82 Å². The molecule has 3 N–H and O–H groups in total. The molecule has 0 spiro atoms. The summed E-state index contributed by atoms with van der Waals surface area (Å²) in [6, 6.07) is 10.1. The van der Waals surface area contributed by atoms with Gasteiger partial charge in [0.1, 0.15) is 10.8 Å². The smallest absolute Gasteiger partial charge is 0.137 e. The second-order valence-corrected chi connectivity index (χ2v) is 6.00. The van der Waals surface area contributed by atoms with Crippen LogP contribution in [0.5, 0.6) is 0 Å². The van der Waals surface area contributed by atoms with Crippen LogP contribution in [0.3, 0.4) is 0 Å². The maximum atomic E-state index is 5.80. The van der Waals surface area contributed by atoms with E-state index < -0.39 is 0 Å². The van der Waals surface area contributed by atoms with Gasteiger partial charge in [0.05, 0.1) is 5.56 Å². The van der Waals surface area contributed by atoms with Crippen molar-refractivity contribution in [2.75, 3.05) is 5.32 Å². The maximum Gasteiger partial charge on any atom is 0.137 e. The zero-order chi connectivity index (χ0) is 14.7. The largest absolute Gasteiger partial charge is 0.389 e. The van der Waals surface area contributed by atoms with E-state index in [1.165, 1.54) is 5.56 Å². The molecule has 5 heteroatoms. The Labute approximate surface area is 132 Å². The van der Waals surface area contributed by atoms with Crippen LogP contribution in [0.25, 0.3) is 0 Å². The fourth-order valence-corrected chi connectivity index (χ4v) is 2.59. The van der Waals surface area contributed by atoms with Gasteiger partial charge in [0.15, 0.2) is 0 Å². The molecule has 0 bridgehead atoms. The lowest BCUT2D eigenvalue weighted by Gasteiger charge is -2.14. The number of nitrogens with two attached hydrogens (primary N) is 1. The van der Waals surface area contributed by atoms with E-state index in [9.17, 15) is 0 Å². The molecule has 0 aliphatic carbocycles. The number of aryl methyl sites for hydroxylation is 2. The lowest BCUT2D eigenvalue weighted by molar-refractivity contribution is 1.08. The minimum absolute atomic E-state index is 0.369. The molecule has 1 aromatic carbocycles. The van der Waals surface area contributed by atoms with E-state index in [1.807, 2.05) is 32.0 Å². The highest BCUT2D eigenvalue weighted by molar-refractivity contribution is 9.10. The van der Waals surface area contributed by atoms with E-state index in [0.29, 0.717) is 11.5 Å². The van der Waals surface area contributed by atoms with Crippen molar-refractivity contribution in [1.29, 1.82) is 0 Å². The van der Waals surface area contributed by atoms with E-state index in [0.717, 1.165) is 27.1 Å². The normalized spacial score (nSPS) is 10.3. The van der Waals surface area contributed by atoms with E-state index in [2.05, 4.69) is 38.4 Å². The number of pyridine rings is 1. The van der Waals surface area contributed by atoms with Gasteiger partial charge in [0.25, 0.3) is 0 Å². The SMILES string of the molecule is Cc1cc(C)c(C(N)=S)c(NCc2ccc(Br)cc2)n1. The Balaban J connectivity index is 2.24. The van der Waals surface area contributed by atoms with Gasteiger partial charge in [0.2, 0.25) is 0 Å². The van der Waals surface area contributed by atoms with Gasteiger partial charge < -0.3 is 11.1 Å². The van der Waals surface area contributed by atoms with Crippen LogP contribution in [0.1, 0.15) is 22.4 Å². The minimum Gasteiger partial charge on any atom is -0.389 e. The fourth-order valence-electron chi connectivity index (χ4n) is 2.06. The molecule has 0 fully saturated rings. The summed E-state index contributed by atoms with van der Waals surface area (Å²) in [6.07, 6.45) is 0. The predicted octanol–water partition coefficient (Wildman–Crippen LogP) is 3.71. The van der Waals surface area contributed by atoms with Gasteiger partial charge in [0, 0.05) is 16.7 Å². The van der Waals surface area contributed by atoms with Gasteiger partial charge in [-0.3, -0.25) is 0 Å². The number of benzene rings is 1. The van der Waals surface area contributed by atoms with Crippen LogP contribution >= 0.6 is 28.1 Å². The first kappa shape index (κ1) is 14.9. The Morgan fingerprint density at radius 3 is 2.55 bits per heavy atom. The third-order valence-electron chi connectivity index (χ3n) is 2.96. The maximum absolute atomic E-state index is 5.80. The van der Waals surface area contributed by atoms with Gasteiger partial charge in [-0.05, 0) is 43.2 Å². The van der Waals surface area contributed by atoms with Crippen molar-refractivity contribution >= 4 is 39.0 Å². The van der Waals surface area contributed by atoms with Crippen LogP contribution in [-0.2, 0) is 6.54 Å². The molecule has 0 unspecified atom stereocenters. The molecule has 0 aliphatic rings. The first-order valence-corrected chi connectivity index (χ1v) is 7.44. The lowest BCUT2D eigenvalue weighted by Crippen LogP contribution is -2.16. The molecule has 0 atom stereocenters. The number of nitrogens with zero attached hydrogens (tertiary/aromatic N) is 1. The third kappa shape index (κ3) is 3.55. The van der Waals surface area contributed by atoms with Gasteiger partial charge in [-0.25, -0.2) is 4.98 Å². The second-order valence-electron chi connectivity index (χ2n) is 4.65. The molecule has 0 radical (unpaired) electrons. The summed E-state index contributed by atoms with van der Waals surface area (Å²) in [5, 5.41) is 3.32. The average Bonchev–Trinajstić information content (AvgIpc) is 2.36. The van der Waals surface area contributed by atoms with Crippen LogP contribution in [0, 0.1) is 13.8 Å². The Kier molecular flexibility index (Phi) is 4.73. The zero-order valence-electron chi connectivity index (χ0n) is 11.4. The van der Waals surface area contributed by atoms with Gasteiger partial charge in [-0.1, -0.05) is 40.3 Å². The van der Waals surface area contributed by atoms with Gasteiger partial charge in [-0.15, -0.1) is 0 Å². The van der Waals surface area contributed by atoms with Crippen molar-refractivity contribution in [2.24, 2.45) is 5.73 Å². The van der Waals surface area contributed by atoms with Crippen LogP contribution in [0.15, 0.2) is 34.8 Å². The Morgan fingerprint density at radius 1 is 1.30 bits per heavy atom. The number of hydrogen-bond donors (Lipinski definition) is 2. The number of rotatable bonds is 4. The van der Waals surface area contributed by atoms with Crippen molar-refractivity contribution in [3.8, 4) is 0 Å². The lowest BCUT2D eigenvalue weighted by atomic mass is 10.1. The predicted molar refractivity (Wildman–Crippen MR) is 91.1 cm³/mol. The molecule has 2 aromatic rings. The molecule has 1 heterocycles. The number of halogens is 1. The number of nitrogens with one attached hydrogen (secondary N) is 1. The Hall–Kier alpha value is -1.46. The number of thiocarbonyl (C=S) groups is 1. The molecule has 0 saturated heterocycles. The molecule has 0 amide bonds. The van der Waals surface area contributed by atoms with Gasteiger partial charge >= 0.3 is 0 Å². The fraction of sp³-hybridized carbons (Fsp3) is 0.200. The molecule has 104 valence electrons. The quantitative estimate of drug-likeness (QED) is 0.826. The highest BCUT2D eigenvalue weighted by atomic mass is 79.9. The van der Waals surface area contributed by atoms with Crippen molar-refractivity contribution in [3.63, 3.8) is 0 Å². The van der Waals surface area contributed by atoms with Crippen molar-refractivity contribution in [1.82, 2.24) is 4.98 Å². The van der Waals surface area contributed by atoms with Crippen LogP contribution in [0.2, 0.25) is 0 Å². The van der Waals surface area contributed by atoms with Gasteiger partial charge in [-0.2, -0.15) is 0 Å². The summed E-state index contributed by atoms with van der Waals surface area (Å²) in [5.74, 6) is 0.748. The van der Waals surface area contributed by atoms with Crippen LogP contribution < -0.4 is 11.1 Å². The molecule has 0 saturated carbocycles. The number of anilines is 1. The van der Waals surface area contributed by atoms with Crippen molar-refractivity contribution in [3.05, 3.63) is 57.2 Å². The van der Waals surface area contributed by atoms with Crippen molar-refractivity contribution in [2.45, 2.75) is 20.4 Å². The van der Waals surface area contributed by atoms with E-state index in [-0.39, 0.29) is 0 Å². The number of hydrogen-bond acceptors (Lipinski definition) is 3. The summed E-state index contributed by atoms with van der Waals surface area (Å²) in [5.41, 5.74) is 9.78. The molecule has 0 aliphatic heterocycles. The molecule has 2 rings (SSSR count). The highest BCUT2D eigenvalue weighted by Gasteiger charge is 2.11. The highest BCUT2D eigenvalue weighted by Crippen LogP contribution is 2.20. The topological polar surface area (TPSA) is 50.9 Å². The van der Waals surface area contributed by atoms with Crippen molar-refractivity contribution < 1.29 is 0 Å². The average molecular weight is 350 g/mol. The molecule has 20 heavy (non-hydrogen) atoms. The Morgan fingerprint density at radius 2 is 1.95 bits per heavy atom. The first-order chi connectivity index (χ1) is 9.47. The summed E-state index contributed by atoms with van der Waals surface area (Å²) in [6.45, 7) is 4.63. The third-order valence-corrected chi connectivity index (χ3v) is 3.70. The summed E-state index contributed by atoms with van der Waals surface area (Å²) >= 11 is 8.54. The summed E-state index contributed by atoms with van der Waals surface area (Å²) < 4.78 is 1.06. The molecule has 3 nitrogen and oxygen atoms in total. The van der Waals surface area contributed by atoms with E-state index in [1.54, 1.807) is 0 Å². The van der Waals surface area contributed by atoms with Crippen LogP contribution in [-0.4, -0.2) is 9.97 Å². The monoisotopic (exact) mass is 349 g/mol.